The van der Waals surface area contributed by atoms with Gasteiger partial charge in [-0.2, -0.15) is 0 Å². The fourth-order valence-electron chi connectivity index (χ4n) is 1.78. The third-order valence-corrected chi connectivity index (χ3v) is 3.97. The first-order valence-corrected chi connectivity index (χ1v) is 7.42. The molecule has 2 rings (SSSR count). The minimum atomic E-state index is -0.799. The van der Waals surface area contributed by atoms with Crippen molar-refractivity contribution >= 4 is 17.4 Å². The van der Waals surface area contributed by atoms with E-state index in [1.807, 2.05) is 18.4 Å². The van der Waals surface area contributed by atoms with Gasteiger partial charge in [0.05, 0.1) is 11.0 Å². The molecule has 1 atom stereocenters. The lowest BCUT2D eigenvalue weighted by atomic mass is 10.1. The van der Waals surface area contributed by atoms with E-state index >= 15 is 0 Å². The van der Waals surface area contributed by atoms with Crippen molar-refractivity contribution in [1.29, 1.82) is 0 Å². The zero-order chi connectivity index (χ0) is 15.4. The van der Waals surface area contributed by atoms with E-state index in [2.05, 4.69) is 10.2 Å². The van der Waals surface area contributed by atoms with Gasteiger partial charge in [-0.15, -0.1) is 10.2 Å². The highest BCUT2D eigenvalue weighted by Gasteiger charge is 2.15. The van der Waals surface area contributed by atoms with Crippen LogP contribution in [-0.4, -0.2) is 30.5 Å². The molecule has 1 heterocycles. The van der Waals surface area contributed by atoms with Gasteiger partial charge in [0.2, 0.25) is 0 Å². The van der Waals surface area contributed by atoms with Crippen molar-refractivity contribution < 1.29 is 10.0 Å². The zero-order valence-corrected chi connectivity index (χ0v) is 12.5. The molecule has 0 spiro atoms. The number of thioether (sulfide) groups is 1. The lowest BCUT2D eigenvalue weighted by molar-refractivity contribution is -0.385. The quantitative estimate of drug-likeness (QED) is 0.501. The predicted octanol–water partition coefficient (Wildman–Crippen LogP) is 2.59. The van der Waals surface area contributed by atoms with Crippen molar-refractivity contribution in [3.05, 3.63) is 46.3 Å². The Bertz CT molecular complexity index is 629. The molecule has 112 valence electrons. The summed E-state index contributed by atoms with van der Waals surface area (Å²) < 4.78 is 1.91. The Morgan fingerprint density at radius 1 is 1.48 bits per heavy atom. The van der Waals surface area contributed by atoms with Crippen molar-refractivity contribution in [3.63, 3.8) is 0 Å². The molecule has 0 aliphatic heterocycles. The highest BCUT2D eigenvalue weighted by molar-refractivity contribution is 7.99. The molecule has 0 saturated carbocycles. The van der Waals surface area contributed by atoms with E-state index in [-0.39, 0.29) is 11.7 Å². The van der Waals surface area contributed by atoms with Gasteiger partial charge >= 0.3 is 0 Å². The number of rotatable bonds is 6. The summed E-state index contributed by atoms with van der Waals surface area (Å²) in [4.78, 5) is 10.3. The van der Waals surface area contributed by atoms with Gasteiger partial charge in [0.25, 0.3) is 5.69 Å². The lowest BCUT2D eigenvalue weighted by Gasteiger charge is -2.12. The van der Waals surface area contributed by atoms with Crippen LogP contribution in [0.5, 0.6) is 0 Å². The number of aromatic nitrogens is 3. The second-order valence-corrected chi connectivity index (χ2v) is 5.78. The summed E-state index contributed by atoms with van der Waals surface area (Å²) in [6.07, 6.45) is 0.847. The molecule has 1 aromatic heterocycles. The van der Waals surface area contributed by atoms with Crippen LogP contribution in [0.25, 0.3) is 0 Å². The van der Waals surface area contributed by atoms with Gasteiger partial charge in [-0.05, 0) is 19.4 Å². The Morgan fingerprint density at radius 3 is 2.90 bits per heavy atom. The van der Waals surface area contributed by atoms with Gasteiger partial charge in [-0.25, -0.2) is 0 Å². The van der Waals surface area contributed by atoms with E-state index in [0.29, 0.717) is 11.3 Å². The van der Waals surface area contributed by atoms with Gasteiger partial charge in [0.15, 0.2) is 5.16 Å². The Kier molecular flexibility index (Phi) is 4.92. The average Bonchev–Trinajstić information content (AvgIpc) is 2.93. The fraction of sp³-hybridized carbons (Fsp3) is 0.385. The summed E-state index contributed by atoms with van der Waals surface area (Å²) in [7, 11) is 0. The molecule has 1 unspecified atom stereocenters. The molecule has 2 aromatic rings. The monoisotopic (exact) mass is 308 g/mol. The van der Waals surface area contributed by atoms with Crippen LogP contribution < -0.4 is 0 Å². The lowest BCUT2D eigenvalue weighted by Crippen LogP contribution is -2.05. The SMILES string of the molecule is CC(C)n1cnnc1SCC(O)c1cccc([N+](=O)[O-])c1. The molecule has 21 heavy (non-hydrogen) atoms. The third kappa shape index (κ3) is 3.79. The predicted molar refractivity (Wildman–Crippen MR) is 79.2 cm³/mol. The number of benzene rings is 1. The number of hydrogen-bond donors (Lipinski definition) is 1. The van der Waals surface area contributed by atoms with Crippen molar-refractivity contribution in [1.82, 2.24) is 14.8 Å². The minimum absolute atomic E-state index is 0.0260. The number of aliphatic hydroxyl groups excluding tert-OH is 1. The third-order valence-electron chi connectivity index (χ3n) is 2.93. The maximum absolute atomic E-state index is 10.7. The molecule has 0 amide bonds. The topological polar surface area (TPSA) is 94.1 Å². The Labute approximate surface area is 126 Å². The van der Waals surface area contributed by atoms with Gasteiger partial charge in [0.1, 0.15) is 6.33 Å². The van der Waals surface area contributed by atoms with Crippen molar-refractivity contribution in [3.8, 4) is 0 Å². The van der Waals surface area contributed by atoms with Crippen LogP contribution in [0.4, 0.5) is 5.69 Å². The van der Waals surface area contributed by atoms with Crippen LogP contribution in [0.15, 0.2) is 35.7 Å². The summed E-state index contributed by atoms with van der Waals surface area (Å²) in [5.74, 6) is 0.354. The highest BCUT2D eigenvalue weighted by Crippen LogP contribution is 2.26. The van der Waals surface area contributed by atoms with Crippen molar-refractivity contribution in [2.24, 2.45) is 0 Å². The molecular formula is C13H16N4O3S. The highest BCUT2D eigenvalue weighted by atomic mass is 32.2. The van der Waals surface area contributed by atoms with E-state index in [1.165, 1.54) is 23.9 Å². The number of nitro groups is 1. The van der Waals surface area contributed by atoms with E-state index in [1.54, 1.807) is 18.5 Å². The zero-order valence-electron chi connectivity index (χ0n) is 11.7. The molecule has 8 heteroatoms. The van der Waals surface area contributed by atoms with E-state index in [4.69, 9.17) is 0 Å². The molecule has 0 aliphatic rings. The van der Waals surface area contributed by atoms with E-state index in [9.17, 15) is 15.2 Å². The molecule has 0 aliphatic carbocycles. The summed E-state index contributed by atoms with van der Waals surface area (Å²) >= 11 is 1.37. The first-order valence-electron chi connectivity index (χ1n) is 6.43. The number of nitro benzene ring substituents is 1. The summed E-state index contributed by atoms with van der Waals surface area (Å²) in [6.45, 7) is 4.04. The first-order chi connectivity index (χ1) is 9.99. The van der Waals surface area contributed by atoms with Gasteiger partial charge in [0, 0.05) is 23.9 Å². The molecule has 0 saturated heterocycles. The standard InChI is InChI=1S/C13H16N4O3S/c1-9(2)16-8-14-15-13(16)21-7-12(18)10-4-3-5-11(6-10)17(19)20/h3-6,8-9,12,18H,7H2,1-2H3. The minimum Gasteiger partial charge on any atom is -0.388 e. The molecule has 1 aromatic carbocycles. The maximum atomic E-state index is 10.7. The molecule has 0 bridgehead atoms. The van der Waals surface area contributed by atoms with Gasteiger partial charge in [-0.1, -0.05) is 23.9 Å². The molecule has 0 radical (unpaired) electrons. The summed E-state index contributed by atoms with van der Waals surface area (Å²) in [6, 6.07) is 6.26. The number of hydrogen-bond acceptors (Lipinski definition) is 6. The van der Waals surface area contributed by atoms with Crippen LogP contribution >= 0.6 is 11.8 Å². The molecular weight excluding hydrogens is 292 g/mol. The second-order valence-electron chi connectivity index (χ2n) is 4.79. The Morgan fingerprint density at radius 2 is 2.24 bits per heavy atom. The van der Waals surface area contributed by atoms with Crippen LogP contribution in [-0.2, 0) is 0 Å². The first kappa shape index (κ1) is 15.5. The Hall–Kier alpha value is -1.93. The maximum Gasteiger partial charge on any atom is 0.269 e. The molecule has 1 N–H and O–H groups in total. The average molecular weight is 308 g/mol. The number of nitrogens with zero attached hydrogens (tertiary/aromatic N) is 4. The normalized spacial score (nSPS) is 12.6. The Balaban J connectivity index is 2.04. The number of non-ortho nitro benzene ring substituents is 1. The molecule has 0 fully saturated rings. The summed E-state index contributed by atoms with van der Waals surface area (Å²) in [5, 5.41) is 29.5. The van der Waals surface area contributed by atoms with Gasteiger partial charge in [-0.3, -0.25) is 10.1 Å². The van der Waals surface area contributed by atoms with E-state index in [0.717, 1.165) is 5.16 Å². The van der Waals surface area contributed by atoms with Crippen LogP contribution in [0.2, 0.25) is 0 Å². The van der Waals surface area contributed by atoms with E-state index < -0.39 is 11.0 Å². The fourth-order valence-corrected chi connectivity index (χ4v) is 2.80. The van der Waals surface area contributed by atoms with Crippen molar-refractivity contribution in [2.75, 3.05) is 5.75 Å². The van der Waals surface area contributed by atoms with Crippen molar-refractivity contribution in [2.45, 2.75) is 31.1 Å². The van der Waals surface area contributed by atoms with Crippen LogP contribution in [0.1, 0.15) is 31.6 Å². The van der Waals surface area contributed by atoms with Gasteiger partial charge < -0.3 is 9.67 Å². The summed E-state index contributed by atoms with van der Waals surface area (Å²) in [5.41, 5.74) is 0.495. The largest absolute Gasteiger partial charge is 0.388 e. The van der Waals surface area contributed by atoms with Crippen LogP contribution in [0, 0.1) is 10.1 Å². The number of aliphatic hydroxyl groups is 1. The smallest absolute Gasteiger partial charge is 0.269 e. The second kappa shape index (κ2) is 6.68. The van der Waals surface area contributed by atoms with Crippen LogP contribution in [0.3, 0.4) is 0 Å². The molecule has 7 nitrogen and oxygen atoms in total.